The Balaban J connectivity index is 2.32. The van der Waals surface area contributed by atoms with Gasteiger partial charge in [-0.15, -0.1) is 0 Å². The van der Waals surface area contributed by atoms with E-state index in [-0.39, 0.29) is 0 Å². The molecule has 0 spiro atoms. The molecule has 0 atom stereocenters. The Morgan fingerprint density at radius 1 is 1.12 bits per heavy atom. The summed E-state index contributed by atoms with van der Waals surface area (Å²) in [7, 11) is 0. The second-order valence-electron chi connectivity index (χ2n) is 3.38. The second kappa shape index (κ2) is 3.30. The Hall–Kier alpha value is -2.43. The first-order valence-corrected chi connectivity index (χ1v) is 4.75. The first kappa shape index (κ1) is 8.84. The van der Waals surface area contributed by atoms with Gasteiger partial charge in [0.25, 0.3) is 0 Å². The van der Waals surface area contributed by atoms with Crippen LogP contribution in [-0.4, -0.2) is 15.1 Å². The lowest BCUT2D eigenvalue weighted by Crippen LogP contribution is -1.84. The quantitative estimate of drug-likeness (QED) is 0.666. The molecule has 1 aromatic carbocycles. The summed E-state index contributed by atoms with van der Waals surface area (Å²) in [5, 5.41) is 4.55. The van der Waals surface area contributed by atoms with Crippen LogP contribution >= 0.6 is 0 Å². The Morgan fingerprint density at radius 2 is 1.94 bits per heavy atom. The molecule has 0 aliphatic carbocycles. The minimum absolute atomic E-state index is 0.397. The maximum atomic E-state index is 5.69. The number of rotatable bonds is 1. The number of nitrogens with zero attached hydrogens (tertiary/aromatic N) is 3. The van der Waals surface area contributed by atoms with Gasteiger partial charge in [0.15, 0.2) is 11.4 Å². The van der Waals surface area contributed by atoms with Gasteiger partial charge in [0.1, 0.15) is 6.33 Å². The highest BCUT2D eigenvalue weighted by molar-refractivity contribution is 5.97. The summed E-state index contributed by atoms with van der Waals surface area (Å²) in [4.78, 5) is 7.94. The molecular weight excluding hydrogens is 204 g/mol. The maximum absolute atomic E-state index is 5.69. The predicted octanol–water partition coefficient (Wildman–Crippen LogP) is 1.87. The second-order valence-corrected chi connectivity index (χ2v) is 3.38. The highest BCUT2D eigenvalue weighted by Crippen LogP contribution is 2.30. The third kappa shape index (κ3) is 1.22. The number of hydrogen-bond donors (Lipinski definition) is 1. The van der Waals surface area contributed by atoms with E-state index in [4.69, 9.17) is 10.3 Å². The van der Waals surface area contributed by atoms with Crippen molar-refractivity contribution >= 4 is 16.8 Å². The van der Waals surface area contributed by atoms with Crippen molar-refractivity contribution in [3.05, 3.63) is 36.9 Å². The van der Waals surface area contributed by atoms with E-state index in [1.165, 1.54) is 6.33 Å². The summed E-state index contributed by atoms with van der Waals surface area (Å²) >= 11 is 0. The molecule has 0 amide bonds. The molecule has 5 nitrogen and oxygen atoms in total. The van der Waals surface area contributed by atoms with Crippen LogP contribution in [0.5, 0.6) is 0 Å². The van der Waals surface area contributed by atoms with Crippen molar-refractivity contribution in [2.45, 2.75) is 0 Å². The number of nitrogen functional groups attached to an aromatic ring is 1. The summed E-state index contributed by atoms with van der Waals surface area (Å²) < 4.78 is 5.20. The van der Waals surface area contributed by atoms with Crippen molar-refractivity contribution < 1.29 is 4.52 Å². The summed E-state index contributed by atoms with van der Waals surface area (Å²) in [6.45, 7) is 0. The van der Waals surface area contributed by atoms with Crippen molar-refractivity contribution in [2.75, 3.05) is 5.73 Å². The van der Waals surface area contributed by atoms with Crippen molar-refractivity contribution in [2.24, 2.45) is 0 Å². The van der Waals surface area contributed by atoms with Gasteiger partial charge in [-0.05, 0) is 6.07 Å². The van der Waals surface area contributed by atoms with Crippen LogP contribution in [0, 0.1) is 0 Å². The highest BCUT2D eigenvalue weighted by Gasteiger charge is 2.10. The van der Waals surface area contributed by atoms with E-state index in [1.807, 2.05) is 18.2 Å². The summed E-state index contributed by atoms with van der Waals surface area (Å²) in [5.74, 6) is 0.397. The van der Waals surface area contributed by atoms with Crippen LogP contribution < -0.4 is 5.73 Å². The van der Waals surface area contributed by atoms with E-state index < -0.39 is 0 Å². The molecule has 0 aliphatic heterocycles. The van der Waals surface area contributed by atoms with E-state index in [1.54, 1.807) is 12.4 Å². The lowest BCUT2D eigenvalue weighted by molar-refractivity contribution is 0.461. The third-order valence-corrected chi connectivity index (χ3v) is 2.40. The number of nitrogens with two attached hydrogens (primary N) is 1. The summed E-state index contributed by atoms with van der Waals surface area (Å²) in [5.41, 5.74) is 8.12. The average molecular weight is 212 g/mol. The topological polar surface area (TPSA) is 77.8 Å². The number of para-hydroxylation sites is 1. The van der Waals surface area contributed by atoms with Crippen molar-refractivity contribution in [1.29, 1.82) is 0 Å². The third-order valence-electron chi connectivity index (χ3n) is 2.40. The molecule has 0 unspecified atom stereocenters. The van der Waals surface area contributed by atoms with Crippen molar-refractivity contribution in [3.63, 3.8) is 0 Å². The van der Waals surface area contributed by atoms with E-state index in [0.29, 0.717) is 11.4 Å². The molecule has 0 bridgehead atoms. The summed E-state index contributed by atoms with van der Waals surface area (Å²) in [6.07, 6.45) is 4.93. The fourth-order valence-corrected chi connectivity index (χ4v) is 1.65. The zero-order chi connectivity index (χ0) is 11.0. The zero-order valence-corrected chi connectivity index (χ0v) is 8.29. The Kier molecular flexibility index (Phi) is 1.83. The van der Waals surface area contributed by atoms with Gasteiger partial charge in [0.05, 0.1) is 5.39 Å². The Bertz CT molecular complexity index is 633. The van der Waals surface area contributed by atoms with Gasteiger partial charge >= 0.3 is 0 Å². The highest BCUT2D eigenvalue weighted by atomic mass is 16.5. The zero-order valence-electron chi connectivity index (χ0n) is 8.29. The van der Waals surface area contributed by atoms with Gasteiger partial charge in [0.2, 0.25) is 0 Å². The minimum Gasteiger partial charge on any atom is -0.380 e. The molecular formula is C11H8N4O. The van der Waals surface area contributed by atoms with Gasteiger partial charge in [-0.25, -0.2) is 9.97 Å². The van der Waals surface area contributed by atoms with Crippen LogP contribution in [0.15, 0.2) is 41.4 Å². The SMILES string of the molecule is Nc1noc2c(-c3cncnc3)cccc12. The van der Waals surface area contributed by atoms with Crippen LogP contribution in [0.25, 0.3) is 22.1 Å². The monoisotopic (exact) mass is 212 g/mol. The lowest BCUT2D eigenvalue weighted by atomic mass is 10.1. The van der Waals surface area contributed by atoms with Gasteiger partial charge in [-0.1, -0.05) is 17.3 Å². The van der Waals surface area contributed by atoms with Crippen LogP contribution in [0.3, 0.4) is 0 Å². The first-order valence-electron chi connectivity index (χ1n) is 4.75. The number of hydrogen-bond acceptors (Lipinski definition) is 5. The van der Waals surface area contributed by atoms with Gasteiger partial charge < -0.3 is 10.3 Å². The molecule has 3 rings (SSSR count). The van der Waals surface area contributed by atoms with Crippen LogP contribution in [0.4, 0.5) is 5.82 Å². The van der Waals surface area contributed by atoms with Gasteiger partial charge in [-0.2, -0.15) is 0 Å². The molecule has 2 N–H and O–H groups in total. The smallest absolute Gasteiger partial charge is 0.177 e. The maximum Gasteiger partial charge on any atom is 0.177 e. The molecule has 0 radical (unpaired) electrons. The lowest BCUT2D eigenvalue weighted by Gasteiger charge is -1.99. The molecule has 78 valence electrons. The van der Waals surface area contributed by atoms with Crippen LogP contribution in [0.1, 0.15) is 0 Å². The van der Waals surface area contributed by atoms with E-state index in [0.717, 1.165) is 16.5 Å². The fraction of sp³-hybridized carbons (Fsp3) is 0. The minimum atomic E-state index is 0.397. The molecule has 0 saturated heterocycles. The number of fused-ring (bicyclic) bond motifs is 1. The summed E-state index contributed by atoms with van der Waals surface area (Å²) in [6, 6.07) is 5.69. The van der Waals surface area contributed by atoms with E-state index in [9.17, 15) is 0 Å². The van der Waals surface area contributed by atoms with Crippen LogP contribution in [-0.2, 0) is 0 Å². The standard InChI is InChI=1S/C11H8N4O/c12-11-9-3-1-2-8(10(9)16-15-11)7-4-13-6-14-5-7/h1-6H,(H2,12,15). The van der Waals surface area contributed by atoms with E-state index >= 15 is 0 Å². The van der Waals surface area contributed by atoms with E-state index in [2.05, 4.69) is 15.1 Å². The molecule has 0 fully saturated rings. The van der Waals surface area contributed by atoms with Crippen molar-refractivity contribution in [1.82, 2.24) is 15.1 Å². The normalized spacial score (nSPS) is 10.8. The van der Waals surface area contributed by atoms with Gasteiger partial charge in [0, 0.05) is 23.5 Å². The Labute approximate surface area is 90.9 Å². The molecule has 2 heterocycles. The molecule has 2 aromatic heterocycles. The van der Waals surface area contributed by atoms with Crippen LogP contribution in [0.2, 0.25) is 0 Å². The molecule has 0 saturated carbocycles. The van der Waals surface area contributed by atoms with Gasteiger partial charge in [-0.3, -0.25) is 0 Å². The fourth-order valence-electron chi connectivity index (χ4n) is 1.65. The molecule has 5 heteroatoms. The molecule has 3 aromatic rings. The molecule has 16 heavy (non-hydrogen) atoms. The first-order chi connectivity index (χ1) is 7.86. The average Bonchev–Trinajstić information content (AvgIpc) is 2.73. The Morgan fingerprint density at radius 3 is 2.75 bits per heavy atom. The number of benzene rings is 1. The number of aromatic nitrogens is 3. The number of anilines is 1. The predicted molar refractivity (Wildman–Crippen MR) is 59.4 cm³/mol. The molecule has 0 aliphatic rings. The van der Waals surface area contributed by atoms with Crippen molar-refractivity contribution in [3.8, 4) is 11.1 Å². The largest absolute Gasteiger partial charge is 0.380 e.